The summed E-state index contributed by atoms with van der Waals surface area (Å²) < 4.78 is 12.9. The Bertz CT molecular complexity index is 914. The van der Waals surface area contributed by atoms with Crippen molar-refractivity contribution in [2.24, 2.45) is 0 Å². The molecule has 0 amide bonds. The van der Waals surface area contributed by atoms with Crippen molar-refractivity contribution in [3.63, 3.8) is 0 Å². The largest absolute Gasteiger partial charge is 0.356 e. The molecule has 7 heteroatoms. The number of nitrogens with zero attached hydrogens (tertiary/aromatic N) is 5. The van der Waals surface area contributed by atoms with E-state index in [2.05, 4.69) is 42.3 Å². The van der Waals surface area contributed by atoms with E-state index < -0.39 is 0 Å². The van der Waals surface area contributed by atoms with E-state index in [0.29, 0.717) is 11.7 Å². The number of nitrogens with one attached hydrogen (secondary N) is 1. The number of anilines is 3. The first-order chi connectivity index (χ1) is 13.6. The van der Waals surface area contributed by atoms with Crippen LogP contribution >= 0.6 is 0 Å². The van der Waals surface area contributed by atoms with Gasteiger partial charge in [-0.25, -0.2) is 19.3 Å². The summed E-state index contributed by atoms with van der Waals surface area (Å²) in [7, 11) is 0. The van der Waals surface area contributed by atoms with Gasteiger partial charge in [-0.15, -0.1) is 0 Å². The molecule has 6 nitrogen and oxygen atoms in total. The average Bonchev–Trinajstić information content (AvgIpc) is 2.70. The molecule has 0 aliphatic carbocycles. The van der Waals surface area contributed by atoms with E-state index in [1.54, 1.807) is 6.07 Å². The predicted molar refractivity (Wildman–Crippen MR) is 107 cm³/mol. The molecule has 144 valence electrons. The summed E-state index contributed by atoms with van der Waals surface area (Å²) in [6.07, 6.45) is 5.09. The molecule has 1 aliphatic rings. The van der Waals surface area contributed by atoms with Crippen LogP contribution in [0.2, 0.25) is 0 Å². The second-order valence-electron chi connectivity index (χ2n) is 7.13. The van der Waals surface area contributed by atoms with Gasteiger partial charge in [0.1, 0.15) is 23.3 Å². The van der Waals surface area contributed by atoms with Crippen LogP contribution in [-0.2, 0) is 0 Å². The van der Waals surface area contributed by atoms with Gasteiger partial charge < -0.3 is 10.2 Å². The zero-order valence-corrected chi connectivity index (χ0v) is 16.1. The number of hydrogen-bond donors (Lipinski definition) is 1. The molecule has 1 aliphatic heterocycles. The topological polar surface area (TPSA) is 66.8 Å². The maximum absolute atomic E-state index is 12.9. The highest BCUT2D eigenvalue weighted by Gasteiger charge is 2.22. The standard InChI is InChI=1S/C21H23FN6/c1-14-11-21(26-15(2)25-14)28-9-7-16(8-10-28)19-5-4-18(13-23-19)27-20-6-3-17(22)12-24-20/h3-6,11-13,16H,7-10H2,1-2H3,(H,24,27). The number of halogens is 1. The van der Waals surface area contributed by atoms with Crippen LogP contribution in [0.1, 0.15) is 36.0 Å². The first-order valence-corrected chi connectivity index (χ1v) is 9.48. The fourth-order valence-electron chi connectivity index (χ4n) is 3.58. The lowest BCUT2D eigenvalue weighted by Crippen LogP contribution is -2.34. The normalized spacial score (nSPS) is 14.9. The first-order valence-electron chi connectivity index (χ1n) is 9.48. The molecule has 0 saturated carbocycles. The molecule has 3 aromatic heterocycles. The smallest absolute Gasteiger partial charge is 0.141 e. The highest BCUT2D eigenvalue weighted by atomic mass is 19.1. The Balaban J connectivity index is 1.37. The summed E-state index contributed by atoms with van der Waals surface area (Å²) in [5, 5.41) is 3.14. The lowest BCUT2D eigenvalue weighted by Gasteiger charge is -2.32. The number of aromatic nitrogens is 4. The SMILES string of the molecule is Cc1cc(N2CCC(c3ccc(Nc4ccc(F)cn4)cn3)CC2)nc(C)n1. The van der Waals surface area contributed by atoms with Crippen molar-refractivity contribution in [3.8, 4) is 0 Å². The molecule has 0 aromatic carbocycles. The molecule has 0 bridgehead atoms. The molecule has 1 fully saturated rings. The van der Waals surface area contributed by atoms with E-state index in [0.717, 1.165) is 54.6 Å². The van der Waals surface area contributed by atoms with E-state index in [-0.39, 0.29) is 5.82 Å². The third-order valence-corrected chi connectivity index (χ3v) is 4.98. The van der Waals surface area contributed by atoms with Crippen LogP contribution in [0.5, 0.6) is 0 Å². The average molecular weight is 378 g/mol. The van der Waals surface area contributed by atoms with Crippen LogP contribution < -0.4 is 10.2 Å². The van der Waals surface area contributed by atoms with Gasteiger partial charge in [0, 0.05) is 36.5 Å². The van der Waals surface area contributed by atoms with Crippen molar-refractivity contribution in [1.29, 1.82) is 0 Å². The van der Waals surface area contributed by atoms with E-state index in [9.17, 15) is 4.39 Å². The molecule has 1 saturated heterocycles. The molecular formula is C21H23FN6. The summed E-state index contributed by atoms with van der Waals surface area (Å²) in [4.78, 5) is 19.9. The Morgan fingerprint density at radius 2 is 1.82 bits per heavy atom. The molecule has 0 radical (unpaired) electrons. The minimum absolute atomic E-state index is 0.349. The fourth-order valence-corrected chi connectivity index (χ4v) is 3.58. The molecule has 28 heavy (non-hydrogen) atoms. The van der Waals surface area contributed by atoms with Gasteiger partial charge >= 0.3 is 0 Å². The number of piperidine rings is 1. The Morgan fingerprint density at radius 1 is 1.00 bits per heavy atom. The van der Waals surface area contributed by atoms with Gasteiger partial charge in [-0.1, -0.05) is 0 Å². The van der Waals surface area contributed by atoms with Gasteiger partial charge in [-0.3, -0.25) is 4.98 Å². The van der Waals surface area contributed by atoms with Crippen LogP contribution in [0.3, 0.4) is 0 Å². The quantitative estimate of drug-likeness (QED) is 0.736. The molecule has 0 spiro atoms. The van der Waals surface area contributed by atoms with Crippen molar-refractivity contribution in [2.45, 2.75) is 32.6 Å². The Labute approximate surface area is 163 Å². The van der Waals surface area contributed by atoms with Gasteiger partial charge in [-0.05, 0) is 51.0 Å². The van der Waals surface area contributed by atoms with Crippen LogP contribution in [0.4, 0.5) is 21.7 Å². The lowest BCUT2D eigenvalue weighted by atomic mass is 9.93. The lowest BCUT2D eigenvalue weighted by molar-refractivity contribution is 0.493. The van der Waals surface area contributed by atoms with Gasteiger partial charge in [0.15, 0.2) is 0 Å². The molecule has 4 heterocycles. The van der Waals surface area contributed by atoms with Crippen LogP contribution in [0, 0.1) is 19.7 Å². The van der Waals surface area contributed by atoms with Crippen LogP contribution in [0.15, 0.2) is 42.7 Å². The van der Waals surface area contributed by atoms with Crippen molar-refractivity contribution in [3.05, 3.63) is 65.8 Å². The van der Waals surface area contributed by atoms with Crippen LogP contribution in [-0.4, -0.2) is 33.0 Å². The molecule has 4 rings (SSSR count). The maximum Gasteiger partial charge on any atom is 0.141 e. The van der Waals surface area contributed by atoms with Crippen molar-refractivity contribution >= 4 is 17.3 Å². The minimum Gasteiger partial charge on any atom is -0.356 e. The molecular weight excluding hydrogens is 355 g/mol. The highest BCUT2D eigenvalue weighted by molar-refractivity contribution is 5.54. The Hall–Kier alpha value is -3.09. The zero-order chi connectivity index (χ0) is 19.5. The zero-order valence-electron chi connectivity index (χ0n) is 16.1. The van der Waals surface area contributed by atoms with Crippen molar-refractivity contribution < 1.29 is 4.39 Å². The summed E-state index contributed by atoms with van der Waals surface area (Å²) in [5.74, 6) is 2.52. The van der Waals surface area contributed by atoms with E-state index in [1.807, 2.05) is 26.1 Å². The predicted octanol–water partition coefficient (Wildman–Crippen LogP) is 4.15. The van der Waals surface area contributed by atoms with E-state index >= 15 is 0 Å². The number of rotatable bonds is 4. The molecule has 0 unspecified atom stereocenters. The van der Waals surface area contributed by atoms with Gasteiger partial charge in [0.05, 0.1) is 18.1 Å². The van der Waals surface area contributed by atoms with Crippen LogP contribution in [0.25, 0.3) is 0 Å². The van der Waals surface area contributed by atoms with E-state index in [1.165, 1.54) is 12.3 Å². The third-order valence-electron chi connectivity index (χ3n) is 4.98. The van der Waals surface area contributed by atoms with Gasteiger partial charge in [0.2, 0.25) is 0 Å². The minimum atomic E-state index is -0.349. The maximum atomic E-state index is 12.9. The summed E-state index contributed by atoms with van der Waals surface area (Å²) in [6, 6.07) is 9.10. The van der Waals surface area contributed by atoms with Gasteiger partial charge in [0.25, 0.3) is 0 Å². The van der Waals surface area contributed by atoms with E-state index in [4.69, 9.17) is 0 Å². The Morgan fingerprint density at radius 3 is 2.46 bits per heavy atom. The summed E-state index contributed by atoms with van der Waals surface area (Å²) in [5.41, 5.74) is 2.95. The first kappa shape index (κ1) is 18.3. The number of hydrogen-bond acceptors (Lipinski definition) is 6. The Kier molecular flexibility index (Phi) is 5.14. The molecule has 1 N–H and O–H groups in total. The molecule has 3 aromatic rings. The third kappa shape index (κ3) is 4.24. The van der Waals surface area contributed by atoms with Crippen molar-refractivity contribution in [1.82, 2.24) is 19.9 Å². The monoisotopic (exact) mass is 378 g/mol. The van der Waals surface area contributed by atoms with Gasteiger partial charge in [-0.2, -0.15) is 0 Å². The fraction of sp³-hybridized carbons (Fsp3) is 0.333. The highest BCUT2D eigenvalue weighted by Crippen LogP contribution is 2.29. The second-order valence-corrected chi connectivity index (χ2v) is 7.13. The summed E-state index contributed by atoms with van der Waals surface area (Å²) >= 11 is 0. The number of pyridine rings is 2. The number of aryl methyl sites for hydroxylation is 2. The van der Waals surface area contributed by atoms with Crippen molar-refractivity contribution in [2.75, 3.05) is 23.3 Å². The molecule has 0 atom stereocenters. The second kappa shape index (κ2) is 7.88. The summed E-state index contributed by atoms with van der Waals surface area (Å²) in [6.45, 7) is 5.86.